The van der Waals surface area contributed by atoms with Gasteiger partial charge in [-0.1, -0.05) is 32.0 Å². The second kappa shape index (κ2) is 6.78. The highest BCUT2D eigenvalue weighted by Gasteiger charge is 2.20. The molecule has 0 radical (unpaired) electrons. The number of nitrogens with one attached hydrogen (secondary N) is 1. The lowest BCUT2D eigenvalue weighted by Crippen LogP contribution is -2.40. The van der Waals surface area contributed by atoms with Crippen molar-refractivity contribution in [1.82, 2.24) is 4.72 Å². The Bertz CT molecular complexity index is 572. The van der Waals surface area contributed by atoms with Gasteiger partial charge in [0.05, 0.1) is 10.7 Å². The van der Waals surface area contributed by atoms with Gasteiger partial charge in [-0.05, 0) is 5.92 Å². The Morgan fingerprint density at radius 1 is 1.35 bits per heavy atom. The molecule has 3 N–H and O–H groups in total. The minimum atomic E-state index is -3.65. The van der Waals surface area contributed by atoms with Gasteiger partial charge in [-0.2, -0.15) is 0 Å². The molecule has 0 amide bonds. The van der Waals surface area contributed by atoms with Gasteiger partial charge >= 0.3 is 0 Å². The number of benzene rings is 1. The van der Waals surface area contributed by atoms with E-state index in [2.05, 4.69) is 4.72 Å². The largest absolute Gasteiger partial charge is 0.326 e. The molecule has 8 heteroatoms. The number of nitro groups is 1. The Morgan fingerprint density at radius 2 is 1.95 bits per heavy atom. The number of nitrogens with zero attached hydrogens (tertiary/aromatic N) is 1. The fourth-order valence-electron chi connectivity index (χ4n) is 1.53. The average Bonchev–Trinajstić information content (AvgIpc) is 2.35. The smallest absolute Gasteiger partial charge is 0.273 e. The van der Waals surface area contributed by atoms with Gasteiger partial charge < -0.3 is 5.73 Å². The number of nitrogens with two attached hydrogens (primary N) is 1. The first-order chi connectivity index (χ1) is 9.23. The zero-order chi connectivity index (χ0) is 15.3. The van der Waals surface area contributed by atoms with Crippen LogP contribution in [0.15, 0.2) is 24.3 Å². The third kappa shape index (κ3) is 4.87. The first-order valence-corrected chi connectivity index (χ1v) is 7.83. The van der Waals surface area contributed by atoms with Gasteiger partial charge in [0.1, 0.15) is 0 Å². The summed E-state index contributed by atoms with van der Waals surface area (Å²) in [6.45, 7) is 3.89. The molecule has 0 fully saturated rings. The first-order valence-electron chi connectivity index (χ1n) is 6.18. The Balaban J connectivity index is 2.79. The fraction of sp³-hybridized carbons (Fsp3) is 0.500. The summed E-state index contributed by atoms with van der Waals surface area (Å²) < 4.78 is 26.2. The first kappa shape index (κ1) is 16.5. The topological polar surface area (TPSA) is 115 Å². The van der Waals surface area contributed by atoms with Gasteiger partial charge in [0.2, 0.25) is 10.0 Å². The quantitative estimate of drug-likeness (QED) is 0.575. The van der Waals surface area contributed by atoms with Crippen LogP contribution < -0.4 is 10.5 Å². The molecule has 0 aliphatic rings. The Hall–Kier alpha value is -1.51. The van der Waals surface area contributed by atoms with Crippen molar-refractivity contribution in [3.05, 3.63) is 39.9 Å². The Kier molecular flexibility index (Phi) is 5.61. The van der Waals surface area contributed by atoms with E-state index in [1.165, 1.54) is 18.2 Å². The van der Waals surface area contributed by atoms with E-state index in [0.29, 0.717) is 0 Å². The van der Waals surface area contributed by atoms with Gasteiger partial charge in [0.25, 0.3) is 5.69 Å². The van der Waals surface area contributed by atoms with E-state index in [1.807, 2.05) is 13.8 Å². The number of para-hydroxylation sites is 1. The van der Waals surface area contributed by atoms with Crippen molar-refractivity contribution in [2.45, 2.75) is 25.6 Å². The molecule has 112 valence electrons. The third-order valence-electron chi connectivity index (χ3n) is 2.93. The maximum Gasteiger partial charge on any atom is 0.273 e. The summed E-state index contributed by atoms with van der Waals surface area (Å²) in [5, 5.41) is 10.8. The van der Waals surface area contributed by atoms with Gasteiger partial charge in [0.15, 0.2) is 0 Å². The zero-order valence-electron chi connectivity index (χ0n) is 11.4. The molecule has 20 heavy (non-hydrogen) atoms. The van der Waals surface area contributed by atoms with Crippen molar-refractivity contribution in [3.8, 4) is 0 Å². The standard InChI is InChI=1S/C12H19N3O4S/c1-9(2)11(13)7-14-20(18,19)8-10-5-3-4-6-12(10)15(16)17/h3-6,9,11,14H,7-8,13H2,1-2H3. The SMILES string of the molecule is CC(C)C(N)CNS(=O)(=O)Cc1ccccc1[N+](=O)[O-]. The van der Waals surface area contributed by atoms with E-state index in [9.17, 15) is 18.5 Å². The number of nitro benzene ring substituents is 1. The lowest BCUT2D eigenvalue weighted by molar-refractivity contribution is -0.385. The van der Waals surface area contributed by atoms with E-state index < -0.39 is 20.7 Å². The van der Waals surface area contributed by atoms with Crippen molar-refractivity contribution in [2.75, 3.05) is 6.54 Å². The van der Waals surface area contributed by atoms with Gasteiger partial charge in [-0.25, -0.2) is 13.1 Å². The average molecular weight is 301 g/mol. The van der Waals surface area contributed by atoms with Crippen LogP contribution in [-0.2, 0) is 15.8 Å². The maximum atomic E-state index is 11.9. The second-order valence-corrected chi connectivity index (χ2v) is 6.71. The fourth-order valence-corrected chi connectivity index (χ4v) is 2.73. The van der Waals surface area contributed by atoms with Crippen LogP contribution in [0.3, 0.4) is 0 Å². The van der Waals surface area contributed by atoms with Crippen LogP contribution in [0, 0.1) is 16.0 Å². The van der Waals surface area contributed by atoms with Gasteiger partial charge in [0, 0.05) is 24.2 Å². The number of sulfonamides is 1. The molecule has 7 nitrogen and oxygen atoms in total. The third-order valence-corrected chi connectivity index (χ3v) is 4.23. The molecule has 0 spiro atoms. The van der Waals surface area contributed by atoms with Crippen LogP contribution >= 0.6 is 0 Å². The summed E-state index contributed by atoms with van der Waals surface area (Å²) in [7, 11) is -3.65. The molecular weight excluding hydrogens is 282 g/mol. The van der Waals surface area contributed by atoms with Crippen LogP contribution in [0.25, 0.3) is 0 Å². The highest BCUT2D eigenvalue weighted by atomic mass is 32.2. The Morgan fingerprint density at radius 3 is 2.50 bits per heavy atom. The lowest BCUT2D eigenvalue weighted by atomic mass is 10.1. The molecule has 1 aromatic rings. The predicted octanol–water partition coefficient (Wildman–Crippen LogP) is 0.998. The normalized spacial score (nSPS) is 13.4. The Labute approximate surface area is 118 Å². The van der Waals surface area contributed by atoms with Crippen LogP contribution in [0.1, 0.15) is 19.4 Å². The molecule has 1 unspecified atom stereocenters. The van der Waals surface area contributed by atoms with E-state index in [4.69, 9.17) is 5.73 Å². The molecule has 0 bridgehead atoms. The van der Waals surface area contributed by atoms with Gasteiger partial charge in [-0.15, -0.1) is 0 Å². The minimum absolute atomic E-state index is 0.112. The second-order valence-electron chi connectivity index (χ2n) is 4.90. The summed E-state index contributed by atoms with van der Waals surface area (Å²) in [6, 6.07) is 5.48. The summed E-state index contributed by atoms with van der Waals surface area (Å²) >= 11 is 0. The van der Waals surface area contributed by atoms with Crippen molar-refractivity contribution in [2.24, 2.45) is 11.7 Å². The summed E-state index contributed by atoms with van der Waals surface area (Å²) in [6.07, 6.45) is 0. The maximum absolute atomic E-state index is 11.9. The molecule has 0 saturated heterocycles. The van der Waals surface area contributed by atoms with E-state index in [1.54, 1.807) is 6.07 Å². The van der Waals surface area contributed by atoms with Crippen LogP contribution in [0.2, 0.25) is 0 Å². The molecule has 0 aliphatic carbocycles. The summed E-state index contributed by atoms with van der Waals surface area (Å²) in [4.78, 5) is 10.2. The number of hydrogen-bond acceptors (Lipinski definition) is 5. The summed E-state index contributed by atoms with van der Waals surface area (Å²) in [5.74, 6) is -0.293. The van der Waals surface area contributed by atoms with Crippen molar-refractivity contribution < 1.29 is 13.3 Å². The van der Waals surface area contributed by atoms with Crippen molar-refractivity contribution in [1.29, 1.82) is 0 Å². The van der Waals surface area contributed by atoms with E-state index >= 15 is 0 Å². The number of rotatable bonds is 7. The molecular formula is C12H19N3O4S. The molecule has 1 rings (SSSR count). The van der Waals surface area contributed by atoms with Crippen molar-refractivity contribution in [3.63, 3.8) is 0 Å². The highest BCUT2D eigenvalue weighted by molar-refractivity contribution is 7.88. The minimum Gasteiger partial charge on any atom is -0.326 e. The molecule has 1 aromatic carbocycles. The van der Waals surface area contributed by atoms with Crippen molar-refractivity contribution >= 4 is 15.7 Å². The lowest BCUT2D eigenvalue weighted by Gasteiger charge is -2.16. The highest BCUT2D eigenvalue weighted by Crippen LogP contribution is 2.19. The zero-order valence-corrected chi connectivity index (χ0v) is 12.3. The number of hydrogen-bond donors (Lipinski definition) is 2. The van der Waals surface area contributed by atoms with Crippen LogP contribution in [-0.4, -0.2) is 25.9 Å². The summed E-state index contributed by atoms with van der Waals surface area (Å²) in [5.41, 5.74) is 5.71. The molecule has 0 saturated carbocycles. The predicted molar refractivity (Wildman–Crippen MR) is 76.5 cm³/mol. The molecule has 0 aromatic heterocycles. The molecule has 0 aliphatic heterocycles. The molecule has 1 atom stereocenters. The van der Waals surface area contributed by atoms with Gasteiger partial charge in [-0.3, -0.25) is 10.1 Å². The monoisotopic (exact) mass is 301 g/mol. The van der Waals surface area contributed by atoms with E-state index in [-0.39, 0.29) is 29.8 Å². The van der Waals surface area contributed by atoms with Crippen LogP contribution in [0.5, 0.6) is 0 Å². The molecule has 0 heterocycles. The van der Waals surface area contributed by atoms with E-state index in [0.717, 1.165) is 0 Å². The van der Waals surface area contributed by atoms with Crippen LogP contribution in [0.4, 0.5) is 5.69 Å².